The molecule has 2 rings (SSSR count). The Labute approximate surface area is 119 Å². The molecule has 1 aromatic carbocycles. The largest absolute Gasteiger partial charge is 0.490 e. The summed E-state index contributed by atoms with van der Waals surface area (Å²) in [5.41, 5.74) is 0.739. The molecule has 0 spiro atoms. The molecule has 0 fully saturated rings. The van der Waals surface area contributed by atoms with Gasteiger partial charge in [0, 0.05) is 30.6 Å². The van der Waals surface area contributed by atoms with Crippen LogP contribution in [0, 0.1) is 5.92 Å². The second-order valence-corrected chi connectivity index (χ2v) is 4.91. The Morgan fingerprint density at radius 3 is 2.80 bits per heavy atom. The quantitative estimate of drug-likeness (QED) is 0.865. The lowest BCUT2D eigenvalue weighted by Crippen LogP contribution is -2.30. The van der Waals surface area contributed by atoms with Gasteiger partial charge < -0.3 is 20.1 Å². The predicted octanol–water partition coefficient (Wildman–Crippen LogP) is 2.03. The third-order valence-electron chi connectivity index (χ3n) is 3.16. The van der Waals surface area contributed by atoms with Gasteiger partial charge in [0.2, 0.25) is 5.91 Å². The van der Waals surface area contributed by atoms with Crippen molar-refractivity contribution in [1.29, 1.82) is 0 Å². The number of hydrogen-bond acceptors (Lipinski definition) is 4. The average molecular weight is 278 g/mol. The second-order valence-electron chi connectivity index (χ2n) is 4.91. The topological polar surface area (TPSA) is 59.6 Å². The van der Waals surface area contributed by atoms with Gasteiger partial charge in [0.25, 0.3) is 0 Å². The molecule has 1 unspecified atom stereocenters. The van der Waals surface area contributed by atoms with E-state index in [4.69, 9.17) is 9.47 Å². The molecule has 0 aromatic heterocycles. The zero-order valence-electron chi connectivity index (χ0n) is 12.1. The van der Waals surface area contributed by atoms with Crippen molar-refractivity contribution in [2.45, 2.75) is 20.3 Å². The smallest absolute Gasteiger partial charge is 0.228 e. The minimum atomic E-state index is -0.0778. The summed E-state index contributed by atoms with van der Waals surface area (Å²) in [6.45, 7) is 6.77. The van der Waals surface area contributed by atoms with Gasteiger partial charge in [-0.3, -0.25) is 4.79 Å². The molecular weight excluding hydrogens is 256 g/mol. The van der Waals surface area contributed by atoms with Crippen LogP contribution in [0.2, 0.25) is 0 Å². The van der Waals surface area contributed by atoms with Crippen molar-refractivity contribution in [3.05, 3.63) is 18.2 Å². The lowest BCUT2D eigenvalue weighted by Gasteiger charge is -2.14. The molecule has 5 heteroatoms. The van der Waals surface area contributed by atoms with Crippen LogP contribution >= 0.6 is 0 Å². The van der Waals surface area contributed by atoms with Crippen LogP contribution in [-0.2, 0) is 4.79 Å². The van der Waals surface area contributed by atoms with E-state index < -0.39 is 0 Å². The first-order chi connectivity index (χ1) is 9.70. The van der Waals surface area contributed by atoms with E-state index in [0.29, 0.717) is 25.5 Å². The van der Waals surface area contributed by atoms with Gasteiger partial charge in [-0.2, -0.15) is 0 Å². The maximum absolute atomic E-state index is 12.0. The third kappa shape index (κ3) is 3.87. The highest BCUT2D eigenvalue weighted by Gasteiger charge is 2.15. The number of nitrogens with one attached hydrogen (secondary N) is 2. The molecule has 1 amide bonds. The van der Waals surface area contributed by atoms with Crippen molar-refractivity contribution >= 4 is 11.6 Å². The van der Waals surface area contributed by atoms with Crippen LogP contribution in [0.3, 0.4) is 0 Å². The van der Waals surface area contributed by atoms with Crippen molar-refractivity contribution in [3.8, 4) is 11.5 Å². The van der Waals surface area contributed by atoms with Gasteiger partial charge in [0.1, 0.15) is 0 Å². The molecule has 1 aliphatic rings. The fraction of sp³-hybridized carbons (Fsp3) is 0.533. The maximum Gasteiger partial charge on any atom is 0.228 e. The summed E-state index contributed by atoms with van der Waals surface area (Å²) < 4.78 is 11.2. The van der Waals surface area contributed by atoms with Crippen LogP contribution in [0.1, 0.15) is 20.3 Å². The van der Waals surface area contributed by atoms with Gasteiger partial charge in [0.15, 0.2) is 11.5 Å². The van der Waals surface area contributed by atoms with Crippen LogP contribution < -0.4 is 20.1 Å². The molecule has 110 valence electrons. The first kappa shape index (κ1) is 14.7. The summed E-state index contributed by atoms with van der Waals surface area (Å²) in [4.78, 5) is 12.0. The molecule has 5 nitrogen and oxygen atoms in total. The van der Waals surface area contributed by atoms with Gasteiger partial charge in [-0.15, -0.1) is 0 Å². The molecule has 0 radical (unpaired) electrons. The highest BCUT2D eigenvalue weighted by Crippen LogP contribution is 2.32. The first-order valence-electron chi connectivity index (χ1n) is 7.12. The number of amides is 1. The minimum absolute atomic E-state index is 0.000408. The molecule has 0 bridgehead atoms. The van der Waals surface area contributed by atoms with Crippen LogP contribution in [0.15, 0.2) is 18.2 Å². The number of carbonyl (C=O) groups excluding carboxylic acids is 1. The summed E-state index contributed by atoms with van der Waals surface area (Å²) in [5.74, 6) is 1.35. The molecule has 0 aliphatic carbocycles. The summed E-state index contributed by atoms with van der Waals surface area (Å²) in [7, 11) is 0. The number of ether oxygens (including phenoxy) is 2. The normalized spacial score (nSPS) is 15.3. The Hall–Kier alpha value is -1.75. The lowest BCUT2D eigenvalue weighted by molar-refractivity contribution is -0.119. The highest BCUT2D eigenvalue weighted by atomic mass is 16.5. The summed E-state index contributed by atoms with van der Waals surface area (Å²) in [6.07, 6.45) is 0.871. The van der Waals surface area contributed by atoms with Crippen molar-refractivity contribution < 1.29 is 14.3 Å². The van der Waals surface area contributed by atoms with E-state index in [0.717, 1.165) is 24.4 Å². The van der Waals surface area contributed by atoms with E-state index in [1.165, 1.54) is 0 Å². The Kier molecular flexibility index (Phi) is 5.24. The standard InChI is InChI=1S/C15H22N2O3/c1-3-16-10-11(2)15(18)17-12-5-6-13-14(9-12)20-8-4-7-19-13/h5-6,9,11,16H,3-4,7-8,10H2,1-2H3,(H,17,18). The van der Waals surface area contributed by atoms with Crippen molar-refractivity contribution in [2.24, 2.45) is 5.92 Å². The van der Waals surface area contributed by atoms with Gasteiger partial charge in [-0.25, -0.2) is 0 Å². The second kappa shape index (κ2) is 7.14. The van der Waals surface area contributed by atoms with Crippen molar-refractivity contribution in [2.75, 3.05) is 31.6 Å². The van der Waals surface area contributed by atoms with Crippen LogP contribution in [0.25, 0.3) is 0 Å². The number of benzene rings is 1. The highest BCUT2D eigenvalue weighted by molar-refractivity contribution is 5.92. The molecule has 2 N–H and O–H groups in total. The predicted molar refractivity (Wildman–Crippen MR) is 78.4 cm³/mol. The summed E-state index contributed by atoms with van der Waals surface area (Å²) >= 11 is 0. The molecule has 0 saturated heterocycles. The average Bonchev–Trinajstić information content (AvgIpc) is 2.69. The Morgan fingerprint density at radius 1 is 1.30 bits per heavy atom. The summed E-state index contributed by atoms with van der Waals surface area (Å²) in [5, 5.41) is 6.07. The SMILES string of the molecule is CCNCC(C)C(=O)Nc1ccc2c(c1)OCCCO2. The molecule has 20 heavy (non-hydrogen) atoms. The fourth-order valence-electron chi connectivity index (χ4n) is 1.96. The van der Waals surface area contributed by atoms with Gasteiger partial charge >= 0.3 is 0 Å². The number of anilines is 1. The van der Waals surface area contributed by atoms with E-state index >= 15 is 0 Å². The van der Waals surface area contributed by atoms with Crippen LogP contribution in [0.4, 0.5) is 5.69 Å². The number of rotatable bonds is 5. The summed E-state index contributed by atoms with van der Waals surface area (Å²) in [6, 6.07) is 5.50. The van der Waals surface area contributed by atoms with Gasteiger partial charge in [-0.1, -0.05) is 13.8 Å². The van der Waals surface area contributed by atoms with E-state index in [1.54, 1.807) is 0 Å². The number of hydrogen-bond donors (Lipinski definition) is 2. The third-order valence-corrected chi connectivity index (χ3v) is 3.16. The molecule has 1 aliphatic heterocycles. The van der Waals surface area contributed by atoms with E-state index in [1.807, 2.05) is 32.0 Å². The van der Waals surface area contributed by atoms with Crippen LogP contribution in [-0.4, -0.2) is 32.2 Å². The van der Waals surface area contributed by atoms with Gasteiger partial charge in [0.05, 0.1) is 13.2 Å². The lowest BCUT2D eigenvalue weighted by atomic mass is 10.1. The zero-order valence-corrected chi connectivity index (χ0v) is 12.1. The number of fused-ring (bicyclic) bond motifs is 1. The Morgan fingerprint density at radius 2 is 2.05 bits per heavy atom. The molecular formula is C15H22N2O3. The first-order valence-corrected chi connectivity index (χ1v) is 7.12. The van der Waals surface area contributed by atoms with E-state index in [2.05, 4.69) is 10.6 Å². The maximum atomic E-state index is 12.0. The van der Waals surface area contributed by atoms with Crippen molar-refractivity contribution in [1.82, 2.24) is 5.32 Å². The van der Waals surface area contributed by atoms with Crippen molar-refractivity contribution in [3.63, 3.8) is 0 Å². The van der Waals surface area contributed by atoms with Gasteiger partial charge in [-0.05, 0) is 18.7 Å². The monoisotopic (exact) mass is 278 g/mol. The van der Waals surface area contributed by atoms with Crippen LogP contribution in [0.5, 0.6) is 11.5 Å². The molecule has 1 heterocycles. The molecule has 0 saturated carbocycles. The minimum Gasteiger partial charge on any atom is -0.490 e. The zero-order chi connectivity index (χ0) is 14.4. The van der Waals surface area contributed by atoms with E-state index in [-0.39, 0.29) is 11.8 Å². The molecule has 1 aromatic rings. The number of carbonyl (C=O) groups is 1. The molecule has 1 atom stereocenters. The fourth-order valence-corrected chi connectivity index (χ4v) is 1.96. The Bertz CT molecular complexity index is 462. The Balaban J connectivity index is 1.99. The van der Waals surface area contributed by atoms with E-state index in [9.17, 15) is 4.79 Å².